The lowest BCUT2D eigenvalue weighted by molar-refractivity contribution is 0.661. The van der Waals surface area contributed by atoms with Gasteiger partial charge in [0.05, 0.1) is 0 Å². The molecule has 0 fully saturated rings. The van der Waals surface area contributed by atoms with Crippen LogP contribution in [0.25, 0.3) is 74.4 Å². The molecule has 1 aromatic heterocycles. The molecule has 0 nitrogen and oxygen atoms in total. The SMILES string of the molecule is CC1(C)c2ccccc2-c2cc3c(cc21)sc1cc2c4ccccc4c4cc5ccccc5cc4c2cc13. The largest absolute Gasteiger partial charge is 0.135 e. The summed E-state index contributed by atoms with van der Waals surface area (Å²) in [5, 5.41) is 13.4. The van der Waals surface area contributed by atoms with E-state index in [4.69, 9.17) is 0 Å². The van der Waals surface area contributed by atoms with Crippen LogP contribution in [0, 0.1) is 0 Å². The van der Waals surface area contributed by atoms with E-state index < -0.39 is 0 Å². The van der Waals surface area contributed by atoms with Gasteiger partial charge in [-0.2, -0.15) is 0 Å². The Hall–Kier alpha value is -4.20. The zero-order valence-corrected chi connectivity index (χ0v) is 22.1. The smallest absolute Gasteiger partial charge is 0.0362 e. The lowest BCUT2D eigenvalue weighted by Gasteiger charge is -2.21. The first-order valence-electron chi connectivity index (χ1n) is 13.4. The van der Waals surface area contributed by atoms with Crippen molar-refractivity contribution in [2.45, 2.75) is 19.3 Å². The fraction of sp³-hybridized carbons (Fsp3) is 0.0811. The van der Waals surface area contributed by atoms with E-state index in [-0.39, 0.29) is 5.41 Å². The van der Waals surface area contributed by atoms with Crippen LogP contribution in [-0.2, 0) is 5.41 Å². The Labute approximate surface area is 224 Å². The summed E-state index contributed by atoms with van der Waals surface area (Å²) >= 11 is 1.94. The summed E-state index contributed by atoms with van der Waals surface area (Å²) in [6, 6.07) is 41.3. The number of fused-ring (bicyclic) bond motifs is 13. The van der Waals surface area contributed by atoms with Gasteiger partial charge in [-0.05, 0) is 102 Å². The molecule has 0 amide bonds. The predicted molar refractivity (Wildman–Crippen MR) is 167 cm³/mol. The number of rotatable bonds is 0. The molecule has 0 saturated carbocycles. The Bertz CT molecular complexity index is 2310. The van der Waals surface area contributed by atoms with Crippen LogP contribution in [0.2, 0.25) is 0 Å². The third kappa shape index (κ3) is 2.55. The van der Waals surface area contributed by atoms with Crippen molar-refractivity contribution < 1.29 is 0 Å². The van der Waals surface area contributed by atoms with Crippen LogP contribution in [0.5, 0.6) is 0 Å². The Balaban J connectivity index is 1.45. The van der Waals surface area contributed by atoms with Crippen LogP contribution < -0.4 is 0 Å². The maximum absolute atomic E-state index is 2.48. The van der Waals surface area contributed by atoms with Crippen molar-refractivity contribution >= 4 is 74.6 Å². The molecule has 0 saturated heterocycles. The highest BCUT2D eigenvalue weighted by molar-refractivity contribution is 7.26. The molecular formula is C37H24S. The van der Waals surface area contributed by atoms with Gasteiger partial charge in [0.25, 0.3) is 0 Å². The molecule has 1 heteroatoms. The maximum Gasteiger partial charge on any atom is 0.0362 e. The maximum atomic E-state index is 2.48. The summed E-state index contributed by atoms with van der Waals surface area (Å²) in [5.74, 6) is 0. The van der Waals surface area contributed by atoms with Crippen molar-refractivity contribution in [3.63, 3.8) is 0 Å². The van der Waals surface area contributed by atoms with E-state index in [9.17, 15) is 0 Å². The molecule has 1 aliphatic rings. The van der Waals surface area contributed by atoms with Gasteiger partial charge in [-0.25, -0.2) is 0 Å². The zero-order chi connectivity index (χ0) is 25.2. The second-order valence-electron chi connectivity index (χ2n) is 11.4. The molecule has 0 unspecified atom stereocenters. The van der Waals surface area contributed by atoms with E-state index in [1.807, 2.05) is 11.3 Å². The minimum atomic E-state index is 0.0223. The van der Waals surface area contributed by atoms with Gasteiger partial charge < -0.3 is 0 Å². The van der Waals surface area contributed by atoms with E-state index in [0.717, 1.165) is 0 Å². The number of thiophene rings is 1. The van der Waals surface area contributed by atoms with Crippen molar-refractivity contribution in [3.05, 3.63) is 120 Å². The van der Waals surface area contributed by atoms with Gasteiger partial charge in [-0.3, -0.25) is 0 Å². The Kier molecular flexibility index (Phi) is 3.84. The normalized spacial score (nSPS) is 14.3. The topological polar surface area (TPSA) is 0 Å². The fourth-order valence-electron chi connectivity index (χ4n) is 7.10. The summed E-state index contributed by atoms with van der Waals surface area (Å²) in [7, 11) is 0. The molecular weight excluding hydrogens is 476 g/mol. The second kappa shape index (κ2) is 7.01. The van der Waals surface area contributed by atoms with Gasteiger partial charge in [0, 0.05) is 25.6 Å². The van der Waals surface area contributed by atoms with Crippen molar-refractivity contribution in [2.24, 2.45) is 0 Å². The third-order valence-electron chi connectivity index (χ3n) is 9.00. The molecule has 0 N–H and O–H groups in total. The van der Waals surface area contributed by atoms with Crippen molar-refractivity contribution in [1.29, 1.82) is 0 Å². The van der Waals surface area contributed by atoms with Crippen LogP contribution in [0.3, 0.4) is 0 Å². The average molecular weight is 501 g/mol. The van der Waals surface area contributed by atoms with Crippen LogP contribution in [-0.4, -0.2) is 0 Å². The highest BCUT2D eigenvalue weighted by Gasteiger charge is 2.35. The van der Waals surface area contributed by atoms with Crippen LogP contribution in [0.4, 0.5) is 0 Å². The van der Waals surface area contributed by atoms with E-state index in [2.05, 4.69) is 123 Å². The molecule has 0 aliphatic heterocycles. The average Bonchev–Trinajstić information content (AvgIpc) is 3.41. The quantitative estimate of drug-likeness (QED) is 0.143. The van der Waals surface area contributed by atoms with Crippen LogP contribution >= 0.6 is 11.3 Å². The molecule has 178 valence electrons. The van der Waals surface area contributed by atoms with Gasteiger partial charge in [0.2, 0.25) is 0 Å². The molecule has 0 bridgehead atoms. The molecule has 38 heavy (non-hydrogen) atoms. The van der Waals surface area contributed by atoms with Crippen molar-refractivity contribution in [2.75, 3.05) is 0 Å². The minimum absolute atomic E-state index is 0.0223. The molecule has 8 aromatic rings. The van der Waals surface area contributed by atoms with Crippen molar-refractivity contribution in [1.82, 2.24) is 0 Å². The predicted octanol–water partition coefficient (Wildman–Crippen LogP) is 11.0. The Morgan fingerprint density at radius 1 is 0.421 bits per heavy atom. The standard InChI is InChI=1S/C37H24S/c1-37(2)33-14-8-7-13-25(33)30-18-32-31-17-28-27-16-22-10-4-3-9-21(22)15-26(27)23-11-5-6-12-24(23)29(28)19-35(31)38-36(32)20-34(30)37/h3-20H,1-2H3. The van der Waals surface area contributed by atoms with Gasteiger partial charge in [0.1, 0.15) is 0 Å². The first-order chi connectivity index (χ1) is 18.6. The zero-order valence-electron chi connectivity index (χ0n) is 21.3. The monoisotopic (exact) mass is 500 g/mol. The summed E-state index contributed by atoms with van der Waals surface area (Å²) in [6.45, 7) is 4.74. The summed E-state index contributed by atoms with van der Waals surface area (Å²) in [6.07, 6.45) is 0. The minimum Gasteiger partial charge on any atom is -0.135 e. The lowest BCUT2D eigenvalue weighted by Crippen LogP contribution is -2.14. The first-order valence-corrected chi connectivity index (χ1v) is 14.2. The molecule has 1 heterocycles. The number of benzene rings is 7. The molecule has 1 aliphatic carbocycles. The molecule has 0 radical (unpaired) electrons. The molecule has 7 aromatic carbocycles. The van der Waals surface area contributed by atoms with Crippen LogP contribution in [0.15, 0.2) is 109 Å². The molecule has 9 rings (SSSR count). The van der Waals surface area contributed by atoms with Gasteiger partial charge >= 0.3 is 0 Å². The van der Waals surface area contributed by atoms with E-state index in [1.54, 1.807) is 0 Å². The highest BCUT2D eigenvalue weighted by Crippen LogP contribution is 2.52. The number of hydrogen-bond donors (Lipinski definition) is 0. The van der Waals surface area contributed by atoms with E-state index in [0.29, 0.717) is 0 Å². The molecule has 0 spiro atoms. The first kappa shape index (κ1) is 20.8. The van der Waals surface area contributed by atoms with Crippen LogP contribution in [0.1, 0.15) is 25.0 Å². The summed E-state index contributed by atoms with van der Waals surface area (Å²) < 4.78 is 2.75. The fourth-order valence-corrected chi connectivity index (χ4v) is 8.25. The Morgan fingerprint density at radius 2 is 0.974 bits per heavy atom. The highest BCUT2D eigenvalue weighted by atomic mass is 32.1. The number of hydrogen-bond acceptors (Lipinski definition) is 1. The van der Waals surface area contributed by atoms with E-state index >= 15 is 0 Å². The lowest BCUT2D eigenvalue weighted by atomic mass is 9.82. The van der Waals surface area contributed by atoms with E-state index in [1.165, 1.54) is 85.5 Å². The Morgan fingerprint density at radius 3 is 1.74 bits per heavy atom. The van der Waals surface area contributed by atoms with Crippen molar-refractivity contribution in [3.8, 4) is 11.1 Å². The molecule has 0 atom stereocenters. The van der Waals surface area contributed by atoms with Gasteiger partial charge in [-0.1, -0.05) is 86.6 Å². The third-order valence-corrected chi connectivity index (χ3v) is 10.1. The summed E-state index contributed by atoms with van der Waals surface area (Å²) in [4.78, 5) is 0. The second-order valence-corrected chi connectivity index (χ2v) is 12.4. The summed E-state index contributed by atoms with van der Waals surface area (Å²) in [5.41, 5.74) is 5.69. The van der Waals surface area contributed by atoms with Gasteiger partial charge in [-0.15, -0.1) is 11.3 Å². The van der Waals surface area contributed by atoms with Gasteiger partial charge in [0.15, 0.2) is 0 Å².